The lowest BCUT2D eigenvalue weighted by atomic mass is 10.1. The maximum Gasteiger partial charge on any atom is 0.191 e. The molecule has 0 aliphatic carbocycles. The number of hydrazone groups is 1. The third-order valence-corrected chi connectivity index (χ3v) is 4.91. The molecule has 136 valence electrons. The quantitative estimate of drug-likeness (QED) is 0.627. The standard InChI is InChI=1S/C21H26N4S/c1-16-7-6-8-17(2)20(16)22-21(26)24-23-19-11-13-25(14-12-19)15-18-9-4-3-5-10-18/h3-10H,11-15H2,1-2H3,(H2,22,24,26). The molecule has 3 rings (SSSR count). The molecule has 0 saturated carbocycles. The van der Waals surface area contributed by atoms with E-state index in [1.54, 1.807) is 0 Å². The molecule has 0 amide bonds. The zero-order chi connectivity index (χ0) is 18.4. The van der Waals surface area contributed by atoms with E-state index in [0.717, 1.165) is 38.2 Å². The Bertz CT molecular complexity index is 756. The molecule has 0 radical (unpaired) electrons. The number of nitrogens with one attached hydrogen (secondary N) is 2. The summed E-state index contributed by atoms with van der Waals surface area (Å²) in [5, 5.41) is 8.32. The molecule has 1 aliphatic heterocycles. The van der Waals surface area contributed by atoms with Crippen LogP contribution in [-0.4, -0.2) is 28.8 Å². The van der Waals surface area contributed by atoms with E-state index < -0.39 is 0 Å². The van der Waals surface area contributed by atoms with Crippen LogP contribution in [0.5, 0.6) is 0 Å². The number of likely N-dealkylation sites (tertiary alicyclic amines) is 1. The first kappa shape index (κ1) is 18.5. The van der Waals surface area contributed by atoms with Crippen molar-refractivity contribution in [2.75, 3.05) is 18.4 Å². The SMILES string of the molecule is Cc1cccc(C)c1NC(=S)NN=C1CCN(Cc2ccccc2)CC1. The summed E-state index contributed by atoms with van der Waals surface area (Å²) in [7, 11) is 0. The second-order valence-electron chi connectivity index (χ2n) is 6.77. The fourth-order valence-electron chi connectivity index (χ4n) is 3.21. The van der Waals surface area contributed by atoms with E-state index in [4.69, 9.17) is 12.2 Å². The van der Waals surface area contributed by atoms with Crippen molar-refractivity contribution in [1.82, 2.24) is 10.3 Å². The van der Waals surface area contributed by atoms with Crippen molar-refractivity contribution < 1.29 is 0 Å². The van der Waals surface area contributed by atoms with E-state index >= 15 is 0 Å². The van der Waals surface area contributed by atoms with Gasteiger partial charge >= 0.3 is 0 Å². The Labute approximate surface area is 161 Å². The Balaban J connectivity index is 1.47. The first-order valence-electron chi connectivity index (χ1n) is 9.07. The summed E-state index contributed by atoms with van der Waals surface area (Å²) in [5.41, 5.74) is 8.97. The van der Waals surface area contributed by atoms with Crippen LogP contribution in [0.4, 0.5) is 5.69 Å². The molecule has 4 nitrogen and oxygen atoms in total. The number of rotatable bonds is 4. The predicted octanol–water partition coefficient (Wildman–Crippen LogP) is 4.24. The molecule has 26 heavy (non-hydrogen) atoms. The van der Waals surface area contributed by atoms with Gasteiger partial charge in [0.1, 0.15) is 0 Å². The van der Waals surface area contributed by atoms with Crippen molar-refractivity contribution in [3.8, 4) is 0 Å². The first-order chi connectivity index (χ1) is 12.6. The third kappa shape index (κ3) is 5.13. The molecule has 2 N–H and O–H groups in total. The number of piperidine rings is 1. The average Bonchev–Trinajstić information content (AvgIpc) is 2.65. The van der Waals surface area contributed by atoms with Gasteiger partial charge in [-0.3, -0.25) is 10.3 Å². The average molecular weight is 367 g/mol. The van der Waals surface area contributed by atoms with Gasteiger partial charge in [0, 0.05) is 43.9 Å². The molecular formula is C21H26N4S. The second-order valence-corrected chi connectivity index (χ2v) is 7.18. The highest BCUT2D eigenvalue weighted by Crippen LogP contribution is 2.19. The van der Waals surface area contributed by atoms with Crippen LogP contribution in [0.3, 0.4) is 0 Å². The highest BCUT2D eigenvalue weighted by atomic mass is 32.1. The van der Waals surface area contributed by atoms with Crippen molar-refractivity contribution in [1.29, 1.82) is 0 Å². The topological polar surface area (TPSA) is 39.7 Å². The van der Waals surface area contributed by atoms with Crippen LogP contribution in [0.25, 0.3) is 0 Å². The fraction of sp³-hybridized carbons (Fsp3) is 0.333. The molecule has 1 fully saturated rings. The van der Waals surface area contributed by atoms with Crippen LogP contribution in [0.1, 0.15) is 29.5 Å². The number of hydrogen-bond acceptors (Lipinski definition) is 3. The number of thiocarbonyl (C=S) groups is 1. The van der Waals surface area contributed by atoms with Gasteiger partial charge in [0.25, 0.3) is 0 Å². The van der Waals surface area contributed by atoms with E-state index in [2.05, 4.69) is 83.1 Å². The fourth-order valence-corrected chi connectivity index (χ4v) is 3.35. The van der Waals surface area contributed by atoms with E-state index in [9.17, 15) is 0 Å². The van der Waals surface area contributed by atoms with Gasteiger partial charge in [-0.2, -0.15) is 5.10 Å². The van der Waals surface area contributed by atoms with E-state index in [1.165, 1.54) is 22.4 Å². The molecule has 1 heterocycles. The van der Waals surface area contributed by atoms with E-state index in [1.807, 2.05) is 0 Å². The minimum atomic E-state index is 0.543. The molecule has 2 aromatic rings. The number of anilines is 1. The van der Waals surface area contributed by atoms with Crippen LogP contribution in [0.2, 0.25) is 0 Å². The largest absolute Gasteiger partial charge is 0.331 e. The van der Waals surface area contributed by atoms with Crippen LogP contribution in [0.15, 0.2) is 53.6 Å². The molecule has 2 aromatic carbocycles. The maximum atomic E-state index is 5.39. The molecule has 0 spiro atoms. The van der Waals surface area contributed by atoms with Crippen LogP contribution in [-0.2, 0) is 6.54 Å². The van der Waals surface area contributed by atoms with E-state index in [0.29, 0.717) is 5.11 Å². The maximum absolute atomic E-state index is 5.39. The predicted molar refractivity (Wildman–Crippen MR) is 114 cm³/mol. The van der Waals surface area contributed by atoms with Gasteiger partial charge in [0.2, 0.25) is 0 Å². The molecule has 0 bridgehead atoms. The smallest absolute Gasteiger partial charge is 0.191 e. The minimum absolute atomic E-state index is 0.543. The zero-order valence-corrected chi connectivity index (χ0v) is 16.3. The van der Waals surface area contributed by atoms with Crippen molar-refractivity contribution in [3.63, 3.8) is 0 Å². The zero-order valence-electron chi connectivity index (χ0n) is 15.5. The van der Waals surface area contributed by atoms with Crippen LogP contribution >= 0.6 is 12.2 Å². The summed E-state index contributed by atoms with van der Waals surface area (Å²) < 4.78 is 0. The van der Waals surface area contributed by atoms with Gasteiger partial charge in [0.15, 0.2) is 5.11 Å². The molecule has 0 atom stereocenters. The highest BCUT2D eigenvalue weighted by molar-refractivity contribution is 7.80. The molecule has 0 aromatic heterocycles. The van der Waals surface area contributed by atoms with Gasteiger partial charge in [-0.15, -0.1) is 0 Å². The highest BCUT2D eigenvalue weighted by Gasteiger charge is 2.15. The number of benzene rings is 2. The minimum Gasteiger partial charge on any atom is -0.331 e. The van der Waals surface area contributed by atoms with Gasteiger partial charge in [-0.1, -0.05) is 48.5 Å². The van der Waals surface area contributed by atoms with Crippen molar-refractivity contribution in [2.24, 2.45) is 5.10 Å². The van der Waals surface area contributed by atoms with Gasteiger partial charge in [-0.25, -0.2) is 0 Å². The molecule has 1 saturated heterocycles. The van der Waals surface area contributed by atoms with Gasteiger partial charge in [0.05, 0.1) is 0 Å². The van der Waals surface area contributed by atoms with Crippen LogP contribution in [0, 0.1) is 13.8 Å². The van der Waals surface area contributed by atoms with Crippen molar-refractivity contribution >= 4 is 28.7 Å². The monoisotopic (exact) mass is 366 g/mol. The first-order valence-corrected chi connectivity index (χ1v) is 9.47. The van der Waals surface area contributed by atoms with Gasteiger partial charge in [-0.05, 0) is 42.8 Å². The Morgan fingerprint density at radius 2 is 1.65 bits per heavy atom. The third-order valence-electron chi connectivity index (χ3n) is 4.72. The summed E-state index contributed by atoms with van der Waals surface area (Å²) in [6, 6.07) is 16.8. The number of aryl methyl sites for hydroxylation is 2. The Morgan fingerprint density at radius 1 is 1.00 bits per heavy atom. The van der Waals surface area contributed by atoms with Crippen molar-refractivity contribution in [3.05, 3.63) is 65.2 Å². The number of para-hydroxylation sites is 1. The Morgan fingerprint density at radius 3 is 2.31 bits per heavy atom. The summed E-state index contributed by atoms with van der Waals surface area (Å²) in [5.74, 6) is 0. The second kappa shape index (κ2) is 8.92. The Hall–Kier alpha value is -2.24. The van der Waals surface area contributed by atoms with E-state index in [-0.39, 0.29) is 0 Å². The molecular weight excluding hydrogens is 340 g/mol. The molecule has 1 aliphatic rings. The lowest BCUT2D eigenvalue weighted by Gasteiger charge is -2.27. The summed E-state index contributed by atoms with van der Waals surface area (Å²) in [6.07, 6.45) is 1.96. The van der Waals surface area contributed by atoms with Crippen molar-refractivity contribution in [2.45, 2.75) is 33.2 Å². The lowest BCUT2D eigenvalue weighted by molar-refractivity contribution is 0.266. The number of nitrogens with zero attached hydrogens (tertiary/aromatic N) is 2. The van der Waals surface area contributed by atoms with Gasteiger partial charge < -0.3 is 5.32 Å². The molecule has 5 heteroatoms. The molecule has 0 unspecified atom stereocenters. The lowest BCUT2D eigenvalue weighted by Crippen LogP contribution is -2.35. The Kier molecular flexibility index (Phi) is 6.36. The summed E-state index contributed by atoms with van der Waals surface area (Å²) in [4.78, 5) is 2.47. The summed E-state index contributed by atoms with van der Waals surface area (Å²) >= 11 is 5.39. The van der Waals surface area contributed by atoms with Crippen LogP contribution < -0.4 is 10.7 Å². The number of hydrogen-bond donors (Lipinski definition) is 2. The normalized spacial score (nSPS) is 14.8. The summed E-state index contributed by atoms with van der Waals surface area (Å²) in [6.45, 7) is 7.23.